The monoisotopic (exact) mass is 289 g/mol. The molecule has 1 aromatic carbocycles. The van der Waals surface area contributed by atoms with E-state index in [2.05, 4.69) is 26.1 Å². The van der Waals surface area contributed by atoms with Gasteiger partial charge >= 0.3 is 0 Å². The largest absolute Gasteiger partial charge is 0.312 e. The molecular formula is C13H20ClNO2S. The molecule has 0 bridgehead atoms. The second-order valence-electron chi connectivity index (χ2n) is 5.31. The highest BCUT2D eigenvalue weighted by Gasteiger charge is 2.15. The van der Waals surface area contributed by atoms with Crippen molar-refractivity contribution in [3.8, 4) is 0 Å². The Morgan fingerprint density at radius 1 is 1.28 bits per heavy atom. The second kappa shape index (κ2) is 6.04. The molecule has 3 nitrogen and oxygen atoms in total. The summed E-state index contributed by atoms with van der Waals surface area (Å²) in [7, 11) is -3.22. The highest BCUT2D eigenvalue weighted by atomic mass is 35.5. The van der Waals surface area contributed by atoms with Crippen molar-refractivity contribution in [3.63, 3.8) is 0 Å². The lowest BCUT2D eigenvalue weighted by Crippen LogP contribution is -2.36. The first-order valence-electron chi connectivity index (χ1n) is 5.94. The predicted molar refractivity (Wildman–Crippen MR) is 75.9 cm³/mol. The van der Waals surface area contributed by atoms with Gasteiger partial charge in [-0.05, 0) is 51.9 Å². The zero-order valence-corrected chi connectivity index (χ0v) is 12.6. The summed E-state index contributed by atoms with van der Waals surface area (Å²) < 4.78 is 24.0. The van der Waals surface area contributed by atoms with Gasteiger partial charge in [0.25, 0.3) is 0 Å². The van der Waals surface area contributed by atoms with E-state index in [9.17, 15) is 8.42 Å². The zero-order chi connectivity index (χ0) is 13.8. The predicted octanol–water partition coefficient (Wildman–Crippen LogP) is 2.89. The maximum atomic E-state index is 12.0. The lowest BCUT2D eigenvalue weighted by atomic mass is 10.1. The van der Waals surface area contributed by atoms with Gasteiger partial charge in [-0.2, -0.15) is 0 Å². The molecule has 18 heavy (non-hydrogen) atoms. The fourth-order valence-electron chi connectivity index (χ4n) is 1.50. The quantitative estimate of drug-likeness (QED) is 0.848. The van der Waals surface area contributed by atoms with Gasteiger partial charge in [-0.25, -0.2) is 8.42 Å². The molecule has 0 aliphatic rings. The van der Waals surface area contributed by atoms with E-state index in [-0.39, 0.29) is 11.3 Å². The van der Waals surface area contributed by atoms with Crippen molar-refractivity contribution >= 4 is 21.4 Å². The molecule has 0 saturated carbocycles. The van der Waals surface area contributed by atoms with Crippen LogP contribution in [0, 0.1) is 0 Å². The van der Waals surface area contributed by atoms with Crippen LogP contribution >= 0.6 is 11.6 Å². The molecule has 0 spiro atoms. The average Bonchev–Trinajstić information content (AvgIpc) is 2.23. The van der Waals surface area contributed by atoms with Gasteiger partial charge in [0.05, 0.1) is 10.6 Å². The Bertz CT molecular complexity index is 492. The first-order chi connectivity index (χ1) is 8.21. The molecule has 0 amide bonds. The lowest BCUT2D eigenvalue weighted by Gasteiger charge is -2.20. The van der Waals surface area contributed by atoms with Gasteiger partial charge in [-0.15, -0.1) is 0 Å². The van der Waals surface area contributed by atoms with E-state index < -0.39 is 9.84 Å². The summed E-state index contributed by atoms with van der Waals surface area (Å²) in [6.07, 6.45) is 0.589. The van der Waals surface area contributed by atoms with Gasteiger partial charge in [0.15, 0.2) is 9.84 Å². The van der Waals surface area contributed by atoms with Crippen molar-refractivity contribution < 1.29 is 8.42 Å². The summed E-state index contributed by atoms with van der Waals surface area (Å²) in [6, 6.07) is 6.40. The number of halogens is 1. The maximum absolute atomic E-state index is 12.0. The Morgan fingerprint density at radius 3 is 2.50 bits per heavy atom. The molecule has 102 valence electrons. The molecule has 0 unspecified atom stereocenters. The Hall–Kier alpha value is -0.580. The topological polar surface area (TPSA) is 46.2 Å². The van der Waals surface area contributed by atoms with Crippen molar-refractivity contribution in [2.45, 2.75) is 37.6 Å². The summed E-state index contributed by atoms with van der Waals surface area (Å²) in [5.41, 5.74) is 0.0137. The fourth-order valence-corrected chi connectivity index (χ4v) is 3.11. The van der Waals surface area contributed by atoms with Crippen molar-refractivity contribution in [3.05, 3.63) is 29.3 Å². The number of rotatable bonds is 5. The fraction of sp³-hybridized carbons (Fsp3) is 0.538. The smallest absolute Gasteiger partial charge is 0.178 e. The molecular weight excluding hydrogens is 270 g/mol. The zero-order valence-electron chi connectivity index (χ0n) is 11.0. The van der Waals surface area contributed by atoms with Gasteiger partial charge in [0.2, 0.25) is 0 Å². The summed E-state index contributed by atoms with van der Waals surface area (Å²) in [6.45, 7) is 6.85. The SMILES string of the molecule is CC(C)(C)NCCCS(=O)(=O)c1cccc(Cl)c1. The number of hydrogen-bond acceptors (Lipinski definition) is 3. The molecule has 0 aromatic heterocycles. The third-order valence-corrected chi connectivity index (χ3v) is 4.43. The molecule has 0 atom stereocenters. The summed E-state index contributed by atoms with van der Waals surface area (Å²) in [5.74, 6) is 0.135. The van der Waals surface area contributed by atoms with Crippen molar-refractivity contribution in [2.24, 2.45) is 0 Å². The molecule has 5 heteroatoms. The molecule has 0 fully saturated rings. The molecule has 1 aromatic rings. The van der Waals surface area contributed by atoms with Crippen LogP contribution in [0.1, 0.15) is 27.2 Å². The second-order valence-corrected chi connectivity index (χ2v) is 7.85. The number of benzene rings is 1. The van der Waals surface area contributed by atoms with Gasteiger partial charge in [-0.1, -0.05) is 17.7 Å². The van der Waals surface area contributed by atoms with Gasteiger partial charge < -0.3 is 5.32 Å². The van der Waals surface area contributed by atoms with Crippen molar-refractivity contribution in [1.82, 2.24) is 5.32 Å². The Kier molecular flexibility index (Phi) is 5.20. The first kappa shape index (κ1) is 15.5. The third kappa shape index (κ3) is 5.38. The van der Waals surface area contributed by atoms with Crippen LogP contribution in [0.25, 0.3) is 0 Å². The third-order valence-electron chi connectivity index (χ3n) is 2.40. The van der Waals surface area contributed by atoms with Crippen LogP contribution in [0.15, 0.2) is 29.2 Å². The summed E-state index contributed by atoms with van der Waals surface area (Å²) >= 11 is 5.80. The molecule has 0 saturated heterocycles. The van der Waals surface area contributed by atoms with E-state index in [0.717, 1.165) is 0 Å². The van der Waals surface area contributed by atoms with Crippen LogP contribution in [-0.2, 0) is 9.84 Å². The van der Waals surface area contributed by atoms with Crippen molar-refractivity contribution in [1.29, 1.82) is 0 Å². The van der Waals surface area contributed by atoms with Crippen LogP contribution in [0.2, 0.25) is 5.02 Å². The first-order valence-corrected chi connectivity index (χ1v) is 7.97. The van der Waals surface area contributed by atoms with E-state index in [0.29, 0.717) is 22.9 Å². The van der Waals surface area contributed by atoms with Gasteiger partial charge in [-0.3, -0.25) is 0 Å². The molecule has 1 rings (SSSR count). The molecule has 0 aliphatic carbocycles. The summed E-state index contributed by atoms with van der Waals surface area (Å²) in [5, 5.41) is 3.71. The van der Waals surface area contributed by atoms with Crippen molar-refractivity contribution in [2.75, 3.05) is 12.3 Å². The average molecular weight is 290 g/mol. The van der Waals surface area contributed by atoms with E-state index in [1.807, 2.05) is 0 Å². The number of sulfone groups is 1. The minimum absolute atomic E-state index is 0.0137. The van der Waals surface area contributed by atoms with Crippen LogP contribution in [0.5, 0.6) is 0 Å². The lowest BCUT2D eigenvalue weighted by molar-refractivity contribution is 0.426. The molecule has 1 N–H and O–H groups in total. The van der Waals surface area contributed by atoms with Crippen LogP contribution in [0.3, 0.4) is 0 Å². The molecule has 0 heterocycles. The van der Waals surface area contributed by atoms with E-state index >= 15 is 0 Å². The van der Waals surface area contributed by atoms with Crippen LogP contribution in [0.4, 0.5) is 0 Å². The Labute approximate surface area is 114 Å². The normalized spacial score (nSPS) is 12.7. The van der Waals surface area contributed by atoms with E-state index in [1.165, 1.54) is 6.07 Å². The Balaban J connectivity index is 2.56. The standard InChI is InChI=1S/C13H20ClNO2S/c1-13(2,3)15-8-5-9-18(16,17)12-7-4-6-11(14)10-12/h4,6-7,10,15H,5,8-9H2,1-3H3. The van der Waals surface area contributed by atoms with E-state index in [4.69, 9.17) is 11.6 Å². The Morgan fingerprint density at radius 2 is 1.94 bits per heavy atom. The maximum Gasteiger partial charge on any atom is 0.178 e. The highest BCUT2D eigenvalue weighted by molar-refractivity contribution is 7.91. The number of nitrogens with one attached hydrogen (secondary N) is 1. The minimum atomic E-state index is -3.22. The molecule has 0 aliphatic heterocycles. The van der Waals surface area contributed by atoms with Gasteiger partial charge in [0.1, 0.15) is 0 Å². The minimum Gasteiger partial charge on any atom is -0.312 e. The number of hydrogen-bond donors (Lipinski definition) is 1. The molecule has 0 radical (unpaired) electrons. The van der Waals surface area contributed by atoms with Gasteiger partial charge in [0, 0.05) is 10.6 Å². The van der Waals surface area contributed by atoms with Crippen LogP contribution in [-0.4, -0.2) is 26.3 Å². The summed E-state index contributed by atoms with van der Waals surface area (Å²) in [4.78, 5) is 0.297. The highest BCUT2D eigenvalue weighted by Crippen LogP contribution is 2.17. The van der Waals surface area contributed by atoms with E-state index in [1.54, 1.807) is 18.2 Å². The van der Waals surface area contributed by atoms with Crippen LogP contribution < -0.4 is 5.32 Å².